The molecule has 1 aromatic rings. The lowest BCUT2D eigenvalue weighted by Crippen LogP contribution is -2.43. The normalized spacial score (nSPS) is 23.4. The van der Waals surface area contributed by atoms with Crippen molar-refractivity contribution >= 4 is 6.09 Å². The molecule has 2 atom stereocenters. The number of hydrogen-bond donors (Lipinski definition) is 1. The van der Waals surface area contributed by atoms with E-state index in [0.29, 0.717) is 19.5 Å². The topological polar surface area (TPSA) is 64.3 Å². The zero-order valence-corrected chi connectivity index (χ0v) is 10.1. The zero-order chi connectivity index (χ0) is 13.0. The van der Waals surface area contributed by atoms with Crippen molar-refractivity contribution in [2.75, 3.05) is 13.1 Å². The summed E-state index contributed by atoms with van der Waals surface area (Å²) in [6, 6.07) is 12.2. The maximum absolute atomic E-state index is 11.0. The molecule has 18 heavy (non-hydrogen) atoms. The number of carboxylic acid groups (broad SMARTS) is 1. The highest BCUT2D eigenvalue weighted by Gasteiger charge is 2.31. The number of benzene rings is 1. The minimum Gasteiger partial charge on any atom is -0.465 e. The van der Waals surface area contributed by atoms with Crippen LogP contribution in [0.2, 0.25) is 0 Å². The molecule has 94 valence electrons. The number of piperidine rings is 1. The predicted molar refractivity (Wildman–Crippen MR) is 67.0 cm³/mol. The number of carbonyl (C=O) groups is 1. The first-order valence-electron chi connectivity index (χ1n) is 6.12. The summed E-state index contributed by atoms with van der Waals surface area (Å²) in [4.78, 5) is 12.4. The molecule has 0 aromatic heterocycles. The molecule has 1 fully saturated rings. The Morgan fingerprint density at radius 1 is 1.44 bits per heavy atom. The highest BCUT2D eigenvalue weighted by atomic mass is 16.4. The van der Waals surface area contributed by atoms with Crippen molar-refractivity contribution in [3.8, 4) is 6.07 Å². The van der Waals surface area contributed by atoms with Crippen LogP contribution in [-0.2, 0) is 6.42 Å². The molecule has 1 N–H and O–H groups in total. The van der Waals surface area contributed by atoms with Crippen molar-refractivity contribution in [2.45, 2.75) is 12.8 Å². The monoisotopic (exact) mass is 244 g/mol. The third-order valence-electron chi connectivity index (χ3n) is 3.51. The molecule has 1 aliphatic rings. The molecule has 4 heteroatoms. The maximum Gasteiger partial charge on any atom is 0.407 e. The average Bonchev–Trinajstić information content (AvgIpc) is 2.39. The van der Waals surface area contributed by atoms with Gasteiger partial charge in [0.25, 0.3) is 0 Å². The van der Waals surface area contributed by atoms with E-state index in [0.717, 1.165) is 12.0 Å². The zero-order valence-electron chi connectivity index (χ0n) is 10.1. The molecular formula is C14H16N2O2. The lowest BCUT2D eigenvalue weighted by Gasteiger charge is -2.34. The Morgan fingerprint density at radius 2 is 2.17 bits per heavy atom. The molecule has 1 aliphatic heterocycles. The molecule has 1 amide bonds. The van der Waals surface area contributed by atoms with Crippen molar-refractivity contribution in [1.29, 1.82) is 5.26 Å². The number of hydrogen-bond acceptors (Lipinski definition) is 2. The summed E-state index contributed by atoms with van der Waals surface area (Å²) in [5, 5.41) is 18.2. The second kappa shape index (κ2) is 5.54. The molecule has 0 radical (unpaired) electrons. The summed E-state index contributed by atoms with van der Waals surface area (Å²) in [5.41, 5.74) is 1.16. The van der Waals surface area contributed by atoms with Gasteiger partial charge in [-0.25, -0.2) is 4.79 Å². The molecule has 0 spiro atoms. The number of rotatable bonds is 2. The van der Waals surface area contributed by atoms with Gasteiger partial charge in [-0.1, -0.05) is 30.3 Å². The summed E-state index contributed by atoms with van der Waals surface area (Å²) < 4.78 is 0. The summed E-state index contributed by atoms with van der Waals surface area (Å²) in [6.45, 7) is 0.932. The molecule has 1 aromatic carbocycles. The van der Waals surface area contributed by atoms with Crippen molar-refractivity contribution in [3.63, 3.8) is 0 Å². The van der Waals surface area contributed by atoms with Crippen LogP contribution in [0.15, 0.2) is 30.3 Å². The molecule has 0 saturated carbocycles. The molecule has 0 bridgehead atoms. The molecule has 2 rings (SSSR count). The standard InChI is InChI=1S/C14H16N2O2/c15-9-12-6-7-16(14(17)18)10-13(12)8-11-4-2-1-3-5-11/h1-5,12-13H,6-8,10H2,(H,17,18). The number of nitriles is 1. The largest absolute Gasteiger partial charge is 0.465 e. The molecular weight excluding hydrogens is 228 g/mol. The van der Waals surface area contributed by atoms with E-state index in [1.807, 2.05) is 30.3 Å². The third-order valence-corrected chi connectivity index (χ3v) is 3.51. The van der Waals surface area contributed by atoms with Crippen LogP contribution in [-0.4, -0.2) is 29.2 Å². The number of nitrogens with zero attached hydrogens (tertiary/aromatic N) is 2. The van der Waals surface area contributed by atoms with E-state index in [-0.39, 0.29) is 11.8 Å². The lowest BCUT2D eigenvalue weighted by atomic mass is 9.82. The van der Waals surface area contributed by atoms with Gasteiger partial charge in [0, 0.05) is 13.1 Å². The fraction of sp³-hybridized carbons (Fsp3) is 0.429. The lowest BCUT2D eigenvalue weighted by molar-refractivity contribution is 0.108. The van der Waals surface area contributed by atoms with Gasteiger partial charge in [0.2, 0.25) is 0 Å². The first-order valence-corrected chi connectivity index (χ1v) is 6.12. The smallest absolute Gasteiger partial charge is 0.407 e. The van der Waals surface area contributed by atoms with Crippen LogP contribution in [0.1, 0.15) is 12.0 Å². The average molecular weight is 244 g/mol. The quantitative estimate of drug-likeness (QED) is 0.868. The van der Waals surface area contributed by atoms with Gasteiger partial charge in [0.15, 0.2) is 0 Å². The second-order valence-corrected chi connectivity index (χ2v) is 4.70. The van der Waals surface area contributed by atoms with E-state index in [1.54, 1.807) is 0 Å². The van der Waals surface area contributed by atoms with Crippen molar-refractivity contribution in [1.82, 2.24) is 4.90 Å². The minimum absolute atomic E-state index is 0.0409. The number of likely N-dealkylation sites (tertiary alicyclic amines) is 1. The van der Waals surface area contributed by atoms with E-state index in [4.69, 9.17) is 10.4 Å². The van der Waals surface area contributed by atoms with Gasteiger partial charge >= 0.3 is 6.09 Å². The Hall–Kier alpha value is -2.02. The van der Waals surface area contributed by atoms with Gasteiger partial charge in [-0.2, -0.15) is 5.26 Å². The van der Waals surface area contributed by atoms with Crippen LogP contribution < -0.4 is 0 Å². The van der Waals surface area contributed by atoms with E-state index in [2.05, 4.69) is 6.07 Å². The van der Waals surface area contributed by atoms with Crippen LogP contribution in [0.5, 0.6) is 0 Å². The summed E-state index contributed by atoms with van der Waals surface area (Å²) in [6.07, 6.45) is 0.521. The van der Waals surface area contributed by atoms with Crippen molar-refractivity contribution < 1.29 is 9.90 Å². The number of amides is 1. The van der Waals surface area contributed by atoms with E-state index >= 15 is 0 Å². The maximum atomic E-state index is 11.0. The Balaban J connectivity index is 2.07. The van der Waals surface area contributed by atoms with Crippen molar-refractivity contribution in [3.05, 3.63) is 35.9 Å². The van der Waals surface area contributed by atoms with E-state index < -0.39 is 6.09 Å². The first-order chi connectivity index (χ1) is 8.70. The minimum atomic E-state index is -0.885. The second-order valence-electron chi connectivity index (χ2n) is 4.70. The Kier molecular flexibility index (Phi) is 3.83. The Labute approximate surface area is 106 Å². The summed E-state index contributed by atoms with van der Waals surface area (Å²) in [7, 11) is 0. The van der Waals surface area contributed by atoms with Gasteiger partial charge in [-0.05, 0) is 24.3 Å². The van der Waals surface area contributed by atoms with Crippen LogP contribution >= 0.6 is 0 Å². The molecule has 4 nitrogen and oxygen atoms in total. The Bertz CT molecular complexity index is 453. The molecule has 1 heterocycles. The van der Waals surface area contributed by atoms with E-state index in [1.165, 1.54) is 4.90 Å². The third kappa shape index (κ3) is 2.80. The van der Waals surface area contributed by atoms with E-state index in [9.17, 15) is 4.79 Å². The van der Waals surface area contributed by atoms with Crippen LogP contribution in [0.3, 0.4) is 0 Å². The summed E-state index contributed by atoms with van der Waals surface area (Å²) in [5.74, 6) is 0.0584. The highest BCUT2D eigenvalue weighted by molar-refractivity contribution is 5.65. The SMILES string of the molecule is N#CC1CCN(C(=O)O)CC1Cc1ccccc1. The summed E-state index contributed by atoms with van der Waals surface area (Å²) >= 11 is 0. The fourth-order valence-electron chi connectivity index (χ4n) is 2.50. The van der Waals surface area contributed by atoms with Gasteiger partial charge in [-0.3, -0.25) is 0 Å². The van der Waals surface area contributed by atoms with Gasteiger partial charge in [0.1, 0.15) is 0 Å². The van der Waals surface area contributed by atoms with Crippen LogP contribution in [0.4, 0.5) is 4.79 Å². The van der Waals surface area contributed by atoms with Crippen molar-refractivity contribution in [2.24, 2.45) is 11.8 Å². The highest BCUT2D eigenvalue weighted by Crippen LogP contribution is 2.26. The molecule has 0 aliphatic carbocycles. The Morgan fingerprint density at radius 3 is 2.78 bits per heavy atom. The van der Waals surface area contributed by atoms with Crippen LogP contribution in [0, 0.1) is 23.2 Å². The molecule has 1 saturated heterocycles. The van der Waals surface area contributed by atoms with Gasteiger partial charge in [0.05, 0.1) is 12.0 Å². The predicted octanol–water partition coefficient (Wildman–Crippen LogP) is 2.37. The van der Waals surface area contributed by atoms with Crippen LogP contribution in [0.25, 0.3) is 0 Å². The molecule has 2 unspecified atom stereocenters. The fourth-order valence-corrected chi connectivity index (χ4v) is 2.50. The first kappa shape index (κ1) is 12.4. The van der Waals surface area contributed by atoms with Gasteiger partial charge in [-0.15, -0.1) is 0 Å². The van der Waals surface area contributed by atoms with Gasteiger partial charge < -0.3 is 10.0 Å².